The molecule has 2 aromatic carbocycles. The van der Waals surface area contributed by atoms with E-state index in [9.17, 15) is 4.79 Å². The third-order valence-electron chi connectivity index (χ3n) is 5.25. The highest BCUT2D eigenvalue weighted by Crippen LogP contribution is 2.18. The van der Waals surface area contributed by atoms with Crippen LogP contribution in [0.5, 0.6) is 0 Å². The van der Waals surface area contributed by atoms with Gasteiger partial charge in [-0.15, -0.1) is 0 Å². The number of anilines is 1. The summed E-state index contributed by atoms with van der Waals surface area (Å²) in [4.78, 5) is 23.8. The molecule has 4 rings (SSSR count). The van der Waals surface area contributed by atoms with Gasteiger partial charge in [0.2, 0.25) is 0 Å². The normalized spacial score (nSPS) is 14.0. The molecule has 6 heteroatoms. The molecule has 1 aliphatic heterocycles. The summed E-state index contributed by atoms with van der Waals surface area (Å²) in [5.41, 5.74) is 3.86. The van der Waals surface area contributed by atoms with E-state index in [1.165, 1.54) is 37.7 Å². The monoisotopic (exact) mass is 401 g/mol. The zero-order chi connectivity index (χ0) is 20.6. The second-order valence-electron chi connectivity index (χ2n) is 7.54. The number of likely N-dealkylation sites (tertiary alicyclic amines) is 1. The molecule has 0 bridgehead atoms. The Bertz CT molecular complexity index is 970. The molecule has 1 aromatic heterocycles. The van der Waals surface area contributed by atoms with Crippen LogP contribution in [0.1, 0.15) is 28.9 Å². The summed E-state index contributed by atoms with van der Waals surface area (Å²) in [6.07, 6.45) is 5.84. The van der Waals surface area contributed by atoms with Crippen molar-refractivity contribution in [2.45, 2.75) is 19.4 Å². The van der Waals surface area contributed by atoms with E-state index in [4.69, 9.17) is 0 Å². The molecule has 3 aromatic rings. The molecule has 1 saturated heterocycles. The molecule has 2 heterocycles. The van der Waals surface area contributed by atoms with E-state index in [-0.39, 0.29) is 5.91 Å². The topological polar surface area (TPSA) is 70.2 Å². The first-order valence-electron chi connectivity index (χ1n) is 10.5. The molecule has 0 spiro atoms. The molecule has 6 nitrogen and oxygen atoms in total. The van der Waals surface area contributed by atoms with Crippen LogP contribution >= 0.6 is 0 Å². The molecule has 2 N–H and O–H groups in total. The molecule has 0 atom stereocenters. The van der Waals surface area contributed by atoms with Gasteiger partial charge in [0.15, 0.2) is 0 Å². The summed E-state index contributed by atoms with van der Waals surface area (Å²) in [5.74, 6) is -0.268. The van der Waals surface area contributed by atoms with Gasteiger partial charge in [-0.25, -0.2) is 4.98 Å². The predicted molar refractivity (Wildman–Crippen MR) is 119 cm³/mol. The lowest BCUT2D eigenvalue weighted by Crippen LogP contribution is -2.29. The number of nitrogens with one attached hydrogen (secondary N) is 2. The second kappa shape index (κ2) is 10.1. The fourth-order valence-corrected chi connectivity index (χ4v) is 3.65. The number of aromatic nitrogens is 2. The van der Waals surface area contributed by atoms with Crippen LogP contribution in [-0.2, 0) is 6.54 Å². The summed E-state index contributed by atoms with van der Waals surface area (Å²) >= 11 is 0. The number of rotatable bonds is 8. The van der Waals surface area contributed by atoms with Crippen LogP contribution in [0.25, 0.3) is 11.3 Å². The minimum Gasteiger partial charge on any atom is -0.321 e. The van der Waals surface area contributed by atoms with Crippen molar-refractivity contribution in [3.63, 3.8) is 0 Å². The number of carbonyl (C=O) groups excluding carboxylic acids is 1. The van der Waals surface area contributed by atoms with Gasteiger partial charge in [0, 0.05) is 30.9 Å². The third-order valence-corrected chi connectivity index (χ3v) is 5.25. The fraction of sp³-hybridized carbons (Fsp3) is 0.292. The molecule has 0 radical (unpaired) electrons. The summed E-state index contributed by atoms with van der Waals surface area (Å²) in [7, 11) is 0. The molecule has 1 amide bonds. The second-order valence-corrected chi connectivity index (χ2v) is 7.54. The lowest BCUT2D eigenvalue weighted by Gasteiger charge is -2.14. The molecule has 154 valence electrons. The minimum absolute atomic E-state index is 0.268. The molecule has 0 unspecified atom stereocenters. The average Bonchev–Trinajstić information content (AvgIpc) is 3.31. The van der Waals surface area contributed by atoms with Crippen LogP contribution < -0.4 is 10.6 Å². The van der Waals surface area contributed by atoms with Crippen LogP contribution in [0.2, 0.25) is 0 Å². The minimum atomic E-state index is -0.268. The maximum atomic E-state index is 12.5. The van der Waals surface area contributed by atoms with E-state index in [2.05, 4.69) is 37.6 Å². The summed E-state index contributed by atoms with van der Waals surface area (Å²) < 4.78 is 0. The number of nitrogens with zero attached hydrogens (tertiary/aromatic N) is 3. The van der Waals surface area contributed by atoms with Crippen LogP contribution in [0, 0.1) is 0 Å². The molecule has 0 aliphatic carbocycles. The van der Waals surface area contributed by atoms with Gasteiger partial charge in [-0.3, -0.25) is 9.78 Å². The maximum Gasteiger partial charge on any atom is 0.275 e. The van der Waals surface area contributed by atoms with Crippen molar-refractivity contribution in [3.05, 3.63) is 78.2 Å². The Morgan fingerprint density at radius 2 is 1.83 bits per heavy atom. The largest absolute Gasteiger partial charge is 0.321 e. The first kappa shape index (κ1) is 20.2. The fourth-order valence-electron chi connectivity index (χ4n) is 3.65. The van der Waals surface area contributed by atoms with Gasteiger partial charge in [0.25, 0.3) is 5.91 Å². The van der Waals surface area contributed by atoms with Crippen molar-refractivity contribution >= 4 is 11.6 Å². The number of carbonyl (C=O) groups is 1. The lowest BCUT2D eigenvalue weighted by molar-refractivity contribution is 0.102. The highest BCUT2D eigenvalue weighted by atomic mass is 16.1. The Hall–Kier alpha value is -3.09. The van der Waals surface area contributed by atoms with E-state index in [1.807, 2.05) is 42.5 Å². The number of para-hydroxylation sites is 1. The van der Waals surface area contributed by atoms with Crippen molar-refractivity contribution < 1.29 is 4.79 Å². The quantitative estimate of drug-likeness (QED) is 0.565. The van der Waals surface area contributed by atoms with Gasteiger partial charge in [-0.2, -0.15) is 0 Å². The summed E-state index contributed by atoms with van der Waals surface area (Å²) in [6, 6.07) is 17.6. The van der Waals surface area contributed by atoms with E-state index < -0.39 is 0 Å². The molecule has 1 fully saturated rings. The lowest BCUT2D eigenvalue weighted by atomic mass is 10.1. The van der Waals surface area contributed by atoms with Crippen molar-refractivity contribution in [1.82, 2.24) is 20.2 Å². The SMILES string of the molecule is O=C(Nc1ccccc1)c1cncc(-c2cccc(CNCCN3CCCC3)c2)n1. The van der Waals surface area contributed by atoms with E-state index in [0.29, 0.717) is 11.4 Å². The average molecular weight is 402 g/mol. The van der Waals surface area contributed by atoms with Gasteiger partial charge in [-0.1, -0.05) is 36.4 Å². The number of hydrogen-bond donors (Lipinski definition) is 2. The van der Waals surface area contributed by atoms with Crippen LogP contribution in [0.3, 0.4) is 0 Å². The zero-order valence-electron chi connectivity index (χ0n) is 17.1. The highest BCUT2D eigenvalue weighted by molar-refractivity contribution is 6.02. The summed E-state index contributed by atoms with van der Waals surface area (Å²) in [5, 5.41) is 6.37. The predicted octanol–water partition coefficient (Wildman–Crippen LogP) is 3.58. The number of amides is 1. The van der Waals surface area contributed by atoms with Crippen molar-refractivity contribution in [1.29, 1.82) is 0 Å². The Kier molecular flexibility index (Phi) is 6.79. The molecule has 0 saturated carbocycles. The highest BCUT2D eigenvalue weighted by Gasteiger charge is 2.11. The van der Waals surface area contributed by atoms with Crippen molar-refractivity contribution in [2.24, 2.45) is 0 Å². The molecule has 30 heavy (non-hydrogen) atoms. The Morgan fingerprint density at radius 1 is 1.00 bits per heavy atom. The maximum absolute atomic E-state index is 12.5. The van der Waals surface area contributed by atoms with Crippen LogP contribution in [-0.4, -0.2) is 47.0 Å². The standard InChI is InChI=1S/C24H27N5O/c30-24(27-21-9-2-1-3-10-21)23-18-26-17-22(28-23)20-8-6-7-19(15-20)16-25-11-14-29-12-4-5-13-29/h1-3,6-10,15,17-18,25H,4-5,11-14,16H2,(H,27,30). The Morgan fingerprint density at radius 3 is 2.67 bits per heavy atom. The van der Waals surface area contributed by atoms with E-state index >= 15 is 0 Å². The molecule has 1 aliphatic rings. The number of hydrogen-bond acceptors (Lipinski definition) is 5. The van der Waals surface area contributed by atoms with E-state index in [0.717, 1.165) is 30.9 Å². The summed E-state index contributed by atoms with van der Waals surface area (Å²) in [6.45, 7) is 5.35. The van der Waals surface area contributed by atoms with Crippen LogP contribution in [0.15, 0.2) is 67.0 Å². The van der Waals surface area contributed by atoms with E-state index in [1.54, 1.807) is 6.20 Å². The first-order chi connectivity index (χ1) is 14.8. The number of benzene rings is 2. The van der Waals surface area contributed by atoms with Gasteiger partial charge >= 0.3 is 0 Å². The van der Waals surface area contributed by atoms with Crippen molar-refractivity contribution in [3.8, 4) is 11.3 Å². The first-order valence-corrected chi connectivity index (χ1v) is 10.5. The molecular weight excluding hydrogens is 374 g/mol. The van der Waals surface area contributed by atoms with Crippen LogP contribution in [0.4, 0.5) is 5.69 Å². The smallest absolute Gasteiger partial charge is 0.275 e. The van der Waals surface area contributed by atoms with Crippen molar-refractivity contribution in [2.75, 3.05) is 31.5 Å². The van der Waals surface area contributed by atoms with Gasteiger partial charge in [0.1, 0.15) is 5.69 Å². The van der Waals surface area contributed by atoms with Gasteiger partial charge in [0.05, 0.1) is 18.1 Å². The van der Waals surface area contributed by atoms with Gasteiger partial charge < -0.3 is 15.5 Å². The van der Waals surface area contributed by atoms with Gasteiger partial charge in [-0.05, 0) is 49.7 Å². The third kappa shape index (κ3) is 5.49. The zero-order valence-corrected chi connectivity index (χ0v) is 17.1. The molecular formula is C24H27N5O. The Balaban J connectivity index is 1.38. The Labute approximate surface area is 177 Å².